The maximum Gasteiger partial charge on any atom is 0.252 e. The highest BCUT2D eigenvalue weighted by molar-refractivity contribution is 7.00. The molecular weight excluding hydrogens is 958 g/mol. The summed E-state index contributed by atoms with van der Waals surface area (Å²) in [5.74, 6) is 1.97. The lowest BCUT2D eigenvalue weighted by Crippen LogP contribution is -2.59. The average molecular weight is 1020 g/mol. The van der Waals surface area contributed by atoms with Gasteiger partial charge >= 0.3 is 0 Å². The van der Waals surface area contributed by atoms with Crippen molar-refractivity contribution in [2.75, 3.05) is 0 Å². The zero-order valence-corrected chi connectivity index (χ0v) is 47.6. The van der Waals surface area contributed by atoms with Crippen LogP contribution in [0.2, 0.25) is 0 Å². The van der Waals surface area contributed by atoms with Gasteiger partial charge in [-0.25, -0.2) is 15.0 Å². The fraction of sp³-hybridized carbons (Fsp3) is 0.219. The Morgan fingerprint density at radius 1 is 0.304 bits per heavy atom. The fourth-order valence-corrected chi connectivity index (χ4v) is 12.7. The second kappa shape index (κ2) is 17.1. The highest BCUT2D eigenvalue weighted by atomic mass is 15.1. The van der Waals surface area contributed by atoms with E-state index >= 15 is 0 Å². The van der Waals surface area contributed by atoms with Crippen LogP contribution in [0, 0.1) is 0 Å². The molecule has 6 heteroatoms. The summed E-state index contributed by atoms with van der Waals surface area (Å²) in [5, 5.41) is 4.97. The lowest BCUT2D eigenvalue weighted by Gasteiger charge is -2.34. The predicted octanol–water partition coefficient (Wildman–Crippen LogP) is 16.7. The van der Waals surface area contributed by atoms with Crippen LogP contribution in [-0.2, 0) is 21.7 Å². The second-order valence-electron chi connectivity index (χ2n) is 26.6. The molecule has 0 N–H and O–H groups in total. The van der Waals surface area contributed by atoms with Crippen LogP contribution in [0.5, 0.6) is 0 Å². The topological polar surface area (TPSA) is 48.5 Å². The molecule has 386 valence electrons. The molecular formula is C73H66BN5. The summed E-state index contributed by atoms with van der Waals surface area (Å²) in [5.41, 5.74) is 23.4. The highest BCUT2D eigenvalue weighted by Crippen LogP contribution is 2.44. The van der Waals surface area contributed by atoms with Crippen LogP contribution in [-0.4, -0.2) is 30.8 Å². The van der Waals surface area contributed by atoms with E-state index in [1.807, 2.05) is 0 Å². The monoisotopic (exact) mass is 1020 g/mol. The van der Waals surface area contributed by atoms with Crippen LogP contribution < -0.4 is 16.4 Å². The molecule has 0 unspecified atom stereocenters. The van der Waals surface area contributed by atoms with E-state index in [0.717, 1.165) is 28.1 Å². The number of aromatic nitrogens is 5. The predicted molar refractivity (Wildman–Crippen MR) is 335 cm³/mol. The lowest BCUT2D eigenvalue weighted by atomic mass is 9.34. The lowest BCUT2D eigenvalue weighted by molar-refractivity contribution is 0.568. The number of rotatable bonds is 5. The number of nitrogens with zero attached hydrogens (tertiary/aromatic N) is 5. The number of hydrogen-bond acceptors (Lipinski definition) is 3. The first-order chi connectivity index (χ1) is 37.7. The van der Waals surface area contributed by atoms with Gasteiger partial charge in [0.25, 0.3) is 6.71 Å². The largest absolute Gasteiger partial charge is 0.310 e. The van der Waals surface area contributed by atoms with Crippen molar-refractivity contribution in [2.24, 2.45) is 0 Å². The Bertz CT molecular complexity index is 4170. The molecule has 2 aliphatic rings. The van der Waals surface area contributed by atoms with Crippen molar-refractivity contribution >= 4 is 66.7 Å². The summed E-state index contributed by atoms with van der Waals surface area (Å²) in [7, 11) is 0. The van der Waals surface area contributed by atoms with Crippen LogP contribution in [0.3, 0.4) is 0 Å². The average Bonchev–Trinajstić information content (AvgIpc) is 4.20. The van der Waals surface area contributed by atoms with Gasteiger partial charge in [0, 0.05) is 60.6 Å². The van der Waals surface area contributed by atoms with Gasteiger partial charge in [0.1, 0.15) is 0 Å². The summed E-state index contributed by atoms with van der Waals surface area (Å²) >= 11 is 0. The molecule has 0 amide bonds. The number of benzene rings is 9. The van der Waals surface area contributed by atoms with Gasteiger partial charge < -0.3 is 9.13 Å². The Labute approximate surface area is 465 Å². The van der Waals surface area contributed by atoms with Gasteiger partial charge in [0.15, 0.2) is 17.5 Å². The summed E-state index contributed by atoms with van der Waals surface area (Å²) in [4.78, 5) is 16.9. The van der Waals surface area contributed by atoms with E-state index in [2.05, 4.69) is 274 Å². The summed E-state index contributed by atoms with van der Waals surface area (Å²) in [6.07, 6.45) is 0. The van der Waals surface area contributed by atoms with Crippen LogP contribution in [0.15, 0.2) is 182 Å². The van der Waals surface area contributed by atoms with Gasteiger partial charge in [-0.3, -0.25) is 0 Å². The van der Waals surface area contributed by atoms with E-state index in [-0.39, 0.29) is 28.4 Å². The normalized spacial score (nSPS) is 13.3. The Morgan fingerprint density at radius 3 is 1.01 bits per heavy atom. The number of fused-ring (bicyclic) bond motifs is 10. The van der Waals surface area contributed by atoms with Crippen LogP contribution in [0.1, 0.15) is 105 Å². The zero-order chi connectivity index (χ0) is 54.7. The minimum Gasteiger partial charge on any atom is -0.310 e. The molecule has 9 aromatic carbocycles. The second-order valence-corrected chi connectivity index (χ2v) is 26.6. The molecule has 5 nitrogen and oxygen atoms in total. The van der Waals surface area contributed by atoms with E-state index in [9.17, 15) is 0 Å². The number of hydrogen-bond donors (Lipinski definition) is 0. The van der Waals surface area contributed by atoms with Crippen LogP contribution >= 0.6 is 0 Å². The van der Waals surface area contributed by atoms with Crippen molar-refractivity contribution < 1.29 is 0 Å². The molecule has 0 saturated heterocycles. The maximum absolute atomic E-state index is 5.69. The van der Waals surface area contributed by atoms with E-state index in [4.69, 9.17) is 15.0 Å². The number of para-hydroxylation sites is 2. The fourth-order valence-electron chi connectivity index (χ4n) is 12.7. The Kier molecular flexibility index (Phi) is 10.6. The molecule has 0 radical (unpaired) electrons. The van der Waals surface area contributed by atoms with Crippen molar-refractivity contribution in [3.63, 3.8) is 0 Å². The third-order valence-corrected chi connectivity index (χ3v) is 17.1. The molecule has 14 rings (SSSR count). The van der Waals surface area contributed by atoms with Crippen LogP contribution in [0.25, 0.3) is 111 Å². The molecule has 3 aromatic heterocycles. The summed E-state index contributed by atoms with van der Waals surface area (Å²) < 4.78 is 5.12. The molecule has 0 fully saturated rings. The van der Waals surface area contributed by atoms with Gasteiger partial charge in [-0.1, -0.05) is 204 Å². The van der Waals surface area contributed by atoms with Gasteiger partial charge in [-0.2, -0.15) is 0 Å². The SMILES string of the molecule is CC(C)(C)c1cc(-c2nc(-c3cc(C(C)(C)C)cc(C(C)(C)C)c3)nc(-c3cc4c5c(c3)-n3c6ccc(-c7ccccc7)cc6c6cccc(c63)B5c3cccc5c6cc(-c7ccccc7)ccc6n-4c35)n2)cc(C(C)(C)C)c1. The minimum atomic E-state index is -0.110. The minimum absolute atomic E-state index is 0.0290. The van der Waals surface area contributed by atoms with Crippen molar-refractivity contribution in [1.82, 2.24) is 24.1 Å². The first-order valence-electron chi connectivity index (χ1n) is 28.2. The van der Waals surface area contributed by atoms with Crippen molar-refractivity contribution in [3.05, 3.63) is 204 Å². The van der Waals surface area contributed by atoms with E-state index in [1.54, 1.807) is 0 Å². The van der Waals surface area contributed by atoms with Crippen molar-refractivity contribution in [3.8, 4) is 67.8 Å². The standard InChI is InChI=1S/C73H66BN5/c1-70(2,3)50-33-47(34-51(41-50)71(4,5)6)67-75-68(48-35-52(72(7,8)9)42-53(36-48)73(10,11)12)77-69(76-67)49-39-62-64-63(40-49)79-61-32-30-46(44-23-17-14-18-24-44)38-57(61)55-26-20-28-59(66(55)79)74(64)58-27-19-25-54-56-37-45(43-21-15-13-16-22-43)29-31-60(56)78(62)65(54)58/h13-42H,1-12H3. The summed E-state index contributed by atoms with van der Waals surface area (Å²) in [6.45, 7) is 27.5. The van der Waals surface area contributed by atoms with Gasteiger partial charge in [0.2, 0.25) is 0 Å². The Balaban J connectivity index is 1.11. The quantitative estimate of drug-likeness (QED) is 0.161. The van der Waals surface area contributed by atoms with Gasteiger partial charge in [0.05, 0.1) is 11.0 Å². The zero-order valence-electron chi connectivity index (χ0n) is 47.6. The maximum atomic E-state index is 5.69. The molecule has 0 spiro atoms. The Hall–Kier alpha value is -8.35. The van der Waals surface area contributed by atoms with Gasteiger partial charge in [-0.05, 0) is 143 Å². The molecule has 5 heterocycles. The van der Waals surface area contributed by atoms with Gasteiger partial charge in [-0.15, -0.1) is 0 Å². The van der Waals surface area contributed by atoms with E-state index < -0.39 is 0 Å². The molecule has 0 aliphatic carbocycles. The molecule has 2 aliphatic heterocycles. The van der Waals surface area contributed by atoms with Crippen molar-refractivity contribution in [2.45, 2.75) is 105 Å². The first kappa shape index (κ1) is 49.0. The van der Waals surface area contributed by atoms with Crippen molar-refractivity contribution in [1.29, 1.82) is 0 Å². The third-order valence-electron chi connectivity index (χ3n) is 17.1. The molecule has 0 saturated carbocycles. The first-order valence-corrected chi connectivity index (χ1v) is 28.2. The van der Waals surface area contributed by atoms with Crippen LogP contribution in [0.4, 0.5) is 0 Å². The molecule has 0 atom stereocenters. The molecule has 79 heavy (non-hydrogen) atoms. The van der Waals surface area contributed by atoms with E-state index in [1.165, 1.54) is 105 Å². The summed E-state index contributed by atoms with van der Waals surface area (Å²) in [6, 6.07) is 68.4. The smallest absolute Gasteiger partial charge is 0.252 e. The van der Waals surface area contributed by atoms with E-state index in [0.29, 0.717) is 17.5 Å². The third kappa shape index (κ3) is 7.84. The molecule has 12 aromatic rings. The molecule has 0 bridgehead atoms. The Morgan fingerprint density at radius 2 is 0.658 bits per heavy atom. The highest BCUT2D eigenvalue weighted by Gasteiger charge is 2.41.